The van der Waals surface area contributed by atoms with Gasteiger partial charge in [0.1, 0.15) is 11.7 Å². The minimum atomic E-state index is -5.80. The Labute approximate surface area is 178 Å². The molecule has 184 valence electrons. The fraction of sp³-hybridized carbons (Fsp3) is 0.667. The number of rotatable bonds is 9. The van der Waals surface area contributed by atoms with Gasteiger partial charge in [-0.3, -0.25) is 18.9 Å². The summed E-state index contributed by atoms with van der Waals surface area (Å²) in [6, 6.07) is 0.880. The number of H-pyrrole nitrogens is 1. The Morgan fingerprint density at radius 1 is 1.19 bits per heavy atom. The molecule has 0 saturated carbocycles. The molecule has 20 heteroatoms. The summed E-state index contributed by atoms with van der Waals surface area (Å²) >= 11 is 0. The molecular formula is C12H20FN2O14P3. The zero-order chi connectivity index (χ0) is 24.7. The van der Waals surface area contributed by atoms with E-state index in [4.69, 9.17) is 14.5 Å². The highest BCUT2D eigenvalue weighted by Crippen LogP contribution is 2.66. The second-order valence-electron chi connectivity index (χ2n) is 6.89. The highest BCUT2D eigenvalue weighted by molar-refractivity contribution is 7.66. The van der Waals surface area contributed by atoms with Gasteiger partial charge in [-0.2, -0.15) is 8.62 Å². The minimum absolute atomic E-state index is 0.615. The van der Waals surface area contributed by atoms with Crippen LogP contribution in [-0.2, 0) is 31.6 Å². The number of ether oxygens (including phenoxy) is 1. The third kappa shape index (κ3) is 6.29. The Morgan fingerprint density at radius 2 is 1.78 bits per heavy atom. The van der Waals surface area contributed by atoms with E-state index in [1.807, 2.05) is 4.98 Å². The molecule has 0 aromatic carbocycles. The van der Waals surface area contributed by atoms with Crippen molar-refractivity contribution in [2.24, 2.45) is 5.92 Å². The van der Waals surface area contributed by atoms with E-state index in [0.717, 1.165) is 12.3 Å². The highest BCUT2D eigenvalue weighted by Gasteiger charge is 2.59. The summed E-state index contributed by atoms with van der Waals surface area (Å²) in [5.41, 5.74) is -3.99. The van der Waals surface area contributed by atoms with Crippen molar-refractivity contribution in [1.82, 2.24) is 9.55 Å². The number of aliphatic hydroxyl groups is 1. The lowest BCUT2D eigenvalue weighted by atomic mass is 9.85. The van der Waals surface area contributed by atoms with E-state index in [0.29, 0.717) is 4.57 Å². The van der Waals surface area contributed by atoms with Crippen LogP contribution in [0.15, 0.2) is 21.9 Å². The van der Waals surface area contributed by atoms with Crippen LogP contribution in [0, 0.1) is 5.92 Å². The summed E-state index contributed by atoms with van der Waals surface area (Å²) < 4.78 is 66.7. The summed E-state index contributed by atoms with van der Waals surface area (Å²) in [6.45, 7) is 1.62. The second kappa shape index (κ2) is 9.29. The molecule has 1 aliphatic heterocycles. The first kappa shape index (κ1) is 27.2. The normalized spacial score (nSPS) is 30.2. The zero-order valence-electron chi connectivity index (χ0n) is 16.2. The number of aliphatic hydroxyl groups excluding tert-OH is 1. The van der Waals surface area contributed by atoms with Gasteiger partial charge in [-0.05, 0) is 5.92 Å². The standard InChI is InChI=1S/C12H20FN2O14P3/c1-6(2)12(5-26-31(22,23)29-32(24,25)28-30(19,20)21)9(17)8(13)10(27-12)15-4-3-7(16)14-11(15)18/h3-4,6,8-10,17H,5H2,1-2H3,(H,22,23)(H,24,25)(H,14,16,18)(H2,19,20,21)/t8-,9-,10+,12-/m0/s1. The van der Waals surface area contributed by atoms with E-state index in [9.17, 15) is 42.6 Å². The lowest BCUT2D eigenvalue weighted by Gasteiger charge is -2.35. The lowest BCUT2D eigenvalue weighted by Crippen LogP contribution is -2.50. The molecule has 1 aliphatic rings. The molecule has 1 aromatic rings. The molecule has 0 amide bonds. The van der Waals surface area contributed by atoms with Gasteiger partial charge < -0.3 is 29.4 Å². The summed E-state index contributed by atoms with van der Waals surface area (Å²) in [6.07, 6.45) is -5.28. The van der Waals surface area contributed by atoms with Crippen LogP contribution in [0.5, 0.6) is 0 Å². The van der Waals surface area contributed by atoms with Crippen LogP contribution >= 0.6 is 23.5 Å². The Balaban J connectivity index is 2.28. The smallest absolute Gasteiger partial charge is 0.387 e. The van der Waals surface area contributed by atoms with Crippen molar-refractivity contribution in [2.75, 3.05) is 6.61 Å². The summed E-state index contributed by atoms with van der Waals surface area (Å²) in [5, 5.41) is 10.4. The molecule has 2 heterocycles. The van der Waals surface area contributed by atoms with Crippen LogP contribution in [0.1, 0.15) is 20.1 Å². The van der Waals surface area contributed by atoms with Crippen molar-refractivity contribution < 1.29 is 60.6 Å². The van der Waals surface area contributed by atoms with Gasteiger partial charge in [-0.1, -0.05) is 13.8 Å². The van der Waals surface area contributed by atoms with Crippen molar-refractivity contribution in [2.45, 2.75) is 38.0 Å². The topological polar surface area (TPSA) is 244 Å². The average molecular weight is 528 g/mol. The van der Waals surface area contributed by atoms with Crippen molar-refractivity contribution >= 4 is 23.5 Å². The molecule has 16 nitrogen and oxygen atoms in total. The number of hydrogen-bond donors (Lipinski definition) is 6. The largest absolute Gasteiger partial charge is 0.490 e. The number of aromatic amines is 1. The van der Waals surface area contributed by atoms with Gasteiger partial charge in [0, 0.05) is 12.3 Å². The predicted molar refractivity (Wildman–Crippen MR) is 99.7 cm³/mol. The Hall–Kier alpha value is -1.06. The number of halogens is 1. The molecule has 0 radical (unpaired) electrons. The zero-order valence-corrected chi connectivity index (χ0v) is 18.9. The fourth-order valence-corrected chi connectivity index (χ4v) is 5.93. The monoisotopic (exact) mass is 528 g/mol. The number of aromatic nitrogens is 2. The van der Waals surface area contributed by atoms with Gasteiger partial charge in [0.2, 0.25) is 0 Å². The van der Waals surface area contributed by atoms with Crippen molar-refractivity contribution in [3.8, 4) is 0 Å². The maximum absolute atomic E-state index is 14.8. The fourth-order valence-electron chi connectivity index (χ4n) is 2.87. The molecule has 1 saturated heterocycles. The minimum Gasteiger partial charge on any atom is -0.387 e. The molecule has 2 rings (SSSR count). The molecule has 1 fully saturated rings. The summed E-state index contributed by atoms with van der Waals surface area (Å²) in [7, 11) is -17.0. The van der Waals surface area contributed by atoms with Crippen molar-refractivity contribution in [3.63, 3.8) is 0 Å². The Kier molecular flexibility index (Phi) is 7.90. The average Bonchev–Trinajstić information content (AvgIpc) is 2.83. The molecule has 2 unspecified atom stereocenters. The van der Waals surface area contributed by atoms with Gasteiger partial charge in [0.15, 0.2) is 12.4 Å². The Bertz CT molecular complexity index is 1100. The molecular weight excluding hydrogens is 508 g/mol. The molecule has 0 aliphatic carbocycles. The number of phosphoric ester groups is 1. The quantitative estimate of drug-likeness (QED) is 0.221. The number of alkyl halides is 1. The Morgan fingerprint density at radius 3 is 2.28 bits per heavy atom. The van der Waals surface area contributed by atoms with Crippen LogP contribution < -0.4 is 11.2 Å². The van der Waals surface area contributed by atoms with Crippen LogP contribution in [-0.4, -0.2) is 58.7 Å². The summed E-state index contributed by atoms with van der Waals surface area (Å²) in [4.78, 5) is 60.9. The first-order valence-corrected chi connectivity index (χ1v) is 13.0. The first-order valence-electron chi connectivity index (χ1n) is 8.49. The van der Waals surface area contributed by atoms with Gasteiger partial charge in [0.05, 0.1) is 6.61 Å². The summed E-state index contributed by atoms with van der Waals surface area (Å²) in [5.74, 6) is -0.869. The second-order valence-corrected chi connectivity index (χ2v) is 11.3. The van der Waals surface area contributed by atoms with Gasteiger partial charge in [0.25, 0.3) is 5.56 Å². The van der Waals surface area contributed by atoms with Gasteiger partial charge in [-0.15, -0.1) is 0 Å². The molecule has 6 atom stereocenters. The molecule has 0 spiro atoms. The van der Waals surface area contributed by atoms with E-state index < -0.39 is 71.3 Å². The molecule has 32 heavy (non-hydrogen) atoms. The van der Waals surface area contributed by atoms with Gasteiger partial charge in [-0.25, -0.2) is 22.9 Å². The lowest BCUT2D eigenvalue weighted by molar-refractivity contribution is -0.151. The van der Waals surface area contributed by atoms with E-state index in [1.54, 1.807) is 0 Å². The molecule has 0 bridgehead atoms. The van der Waals surface area contributed by atoms with Crippen LogP contribution in [0.4, 0.5) is 4.39 Å². The van der Waals surface area contributed by atoms with Crippen LogP contribution in [0.3, 0.4) is 0 Å². The molecule has 1 aromatic heterocycles. The number of nitrogens with one attached hydrogen (secondary N) is 1. The third-order valence-electron chi connectivity index (χ3n) is 4.39. The first-order chi connectivity index (χ1) is 14.4. The predicted octanol–water partition coefficient (Wildman–Crippen LogP) is -0.498. The van der Waals surface area contributed by atoms with Gasteiger partial charge >= 0.3 is 29.2 Å². The third-order valence-corrected chi connectivity index (χ3v) is 8.17. The SMILES string of the molecule is CC(C)[C@]1(COP(=O)(O)OP(=O)(O)OP(=O)(O)O)O[C@@H](n2ccc(=O)[nH]c2=O)[C@@H](F)[C@@H]1O. The van der Waals surface area contributed by atoms with Crippen molar-refractivity contribution in [1.29, 1.82) is 0 Å². The number of phosphoric acid groups is 3. The van der Waals surface area contributed by atoms with Crippen molar-refractivity contribution in [3.05, 3.63) is 33.1 Å². The highest BCUT2D eigenvalue weighted by atomic mass is 31.3. The number of nitrogens with zero attached hydrogens (tertiary/aromatic N) is 1. The maximum Gasteiger partial charge on any atom is 0.490 e. The van der Waals surface area contributed by atoms with E-state index in [-0.39, 0.29) is 0 Å². The van der Waals surface area contributed by atoms with E-state index in [1.165, 1.54) is 13.8 Å². The van der Waals surface area contributed by atoms with E-state index in [2.05, 4.69) is 13.1 Å². The molecule has 6 N–H and O–H groups in total. The van der Waals surface area contributed by atoms with E-state index >= 15 is 0 Å². The maximum atomic E-state index is 14.8. The van der Waals surface area contributed by atoms with Crippen LogP contribution in [0.25, 0.3) is 0 Å². The number of hydrogen-bond acceptors (Lipinski definition) is 10. The van der Waals surface area contributed by atoms with Crippen LogP contribution in [0.2, 0.25) is 0 Å².